The summed E-state index contributed by atoms with van der Waals surface area (Å²) in [5.41, 5.74) is 2.17. The van der Waals surface area contributed by atoms with Crippen LogP contribution in [0.15, 0.2) is 27.9 Å². The predicted octanol–water partition coefficient (Wildman–Crippen LogP) is 4.00. The van der Waals surface area contributed by atoms with Crippen molar-refractivity contribution in [3.8, 4) is 0 Å². The van der Waals surface area contributed by atoms with Crippen molar-refractivity contribution in [3.63, 3.8) is 0 Å². The lowest BCUT2D eigenvalue weighted by atomic mass is 10.1. The Hall–Kier alpha value is -1.77. The van der Waals surface area contributed by atoms with Gasteiger partial charge in [0.1, 0.15) is 0 Å². The number of thiazole rings is 1. The second-order valence-corrected chi connectivity index (χ2v) is 8.91. The molecule has 3 rings (SSSR count). The van der Waals surface area contributed by atoms with Gasteiger partial charge in [-0.25, -0.2) is 9.78 Å². The van der Waals surface area contributed by atoms with Gasteiger partial charge in [-0.05, 0) is 37.1 Å². The Balaban J connectivity index is 1.52. The van der Waals surface area contributed by atoms with Crippen LogP contribution < -0.4 is 5.32 Å². The van der Waals surface area contributed by atoms with Crippen molar-refractivity contribution in [1.82, 2.24) is 9.88 Å². The number of hydrogen-bond acceptors (Lipinski definition) is 6. The van der Waals surface area contributed by atoms with Crippen LogP contribution in [0.5, 0.6) is 0 Å². The van der Waals surface area contributed by atoms with Gasteiger partial charge < -0.3 is 15.3 Å². The molecule has 2 aromatic rings. The zero-order chi connectivity index (χ0) is 19.4. The van der Waals surface area contributed by atoms with E-state index in [1.54, 1.807) is 0 Å². The molecule has 1 atom stereocenters. The number of rotatable bonds is 8. The molecular formula is C18H20ClN3O3S2. The molecule has 0 bridgehead atoms. The molecule has 6 nitrogen and oxygen atoms in total. The van der Waals surface area contributed by atoms with Gasteiger partial charge in [0.25, 0.3) is 0 Å². The van der Waals surface area contributed by atoms with E-state index in [-0.39, 0.29) is 17.6 Å². The summed E-state index contributed by atoms with van der Waals surface area (Å²) < 4.78 is 0.713. The van der Waals surface area contributed by atoms with Crippen molar-refractivity contribution in [3.05, 3.63) is 39.9 Å². The highest BCUT2D eigenvalue weighted by Crippen LogP contribution is 2.26. The van der Waals surface area contributed by atoms with Gasteiger partial charge in [0.15, 0.2) is 10.0 Å². The van der Waals surface area contributed by atoms with Crippen LogP contribution in [-0.4, -0.2) is 51.8 Å². The van der Waals surface area contributed by atoms with Gasteiger partial charge in [-0.15, -0.1) is 11.3 Å². The summed E-state index contributed by atoms with van der Waals surface area (Å²) in [5, 5.41) is 14.6. The molecule has 0 radical (unpaired) electrons. The van der Waals surface area contributed by atoms with Gasteiger partial charge >= 0.3 is 5.97 Å². The Morgan fingerprint density at radius 1 is 1.52 bits per heavy atom. The van der Waals surface area contributed by atoms with E-state index >= 15 is 0 Å². The number of anilines is 1. The molecule has 0 spiro atoms. The zero-order valence-corrected chi connectivity index (χ0v) is 17.2. The number of aryl methyl sites for hydroxylation is 1. The number of halogens is 1. The molecule has 2 N–H and O–H groups in total. The van der Waals surface area contributed by atoms with E-state index < -0.39 is 5.97 Å². The number of benzene rings is 1. The van der Waals surface area contributed by atoms with Crippen LogP contribution >= 0.6 is 34.7 Å². The van der Waals surface area contributed by atoms with E-state index in [0.717, 1.165) is 17.7 Å². The monoisotopic (exact) mass is 425 g/mol. The average Bonchev–Trinajstić information content (AvgIpc) is 3.22. The molecule has 1 unspecified atom stereocenters. The van der Waals surface area contributed by atoms with Gasteiger partial charge in [0.2, 0.25) is 5.91 Å². The fourth-order valence-electron chi connectivity index (χ4n) is 3.02. The second-order valence-electron chi connectivity index (χ2n) is 6.27. The summed E-state index contributed by atoms with van der Waals surface area (Å²) in [6, 6.07) is 5.87. The van der Waals surface area contributed by atoms with Crippen molar-refractivity contribution in [2.75, 3.05) is 24.2 Å². The Kier molecular flexibility index (Phi) is 6.62. The van der Waals surface area contributed by atoms with Crippen molar-refractivity contribution in [1.29, 1.82) is 0 Å². The quantitative estimate of drug-likeness (QED) is 0.622. The number of hydrogen-bond donors (Lipinski definition) is 2. The van der Waals surface area contributed by atoms with E-state index in [1.807, 2.05) is 30.0 Å². The number of carbonyl (C=O) groups excluding carboxylic acids is 1. The van der Waals surface area contributed by atoms with Crippen LogP contribution in [-0.2, 0) is 4.79 Å². The molecule has 1 amide bonds. The largest absolute Gasteiger partial charge is 0.476 e. The van der Waals surface area contributed by atoms with Crippen LogP contribution in [0.1, 0.15) is 28.9 Å². The highest BCUT2D eigenvalue weighted by molar-refractivity contribution is 8.01. The Morgan fingerprint density at radius 3 is 3.04 bits per heavy atom. The third-order valence-electron chi connectivity index (χ3n) is 4.43. The molecule has 0 aliphatic carbocycles. The molecule has 0 saturated carbocycles. The molecule has 1 saturated heterocycles. The van der Waals surface area contributed by atoms with Gasteiger partial charge in [0.05, 0.1) is 0 Å². The highest BCUT2D eigenvalue weighted by Gasteiger charge is 2.30. The molecule has 9 heteroatoms. The Labute approximate surface area is 170 Å². The number of nitrogens with zero attached hydrogens (tertiary/aromatic N) is 2. The number of carbonyl (C=O) groups is 2. The van der Waals surface area contributed by atoms with E-state index in [1.165, 1.54) is 28.5 Å². The van der Waals surface area contributed by atoms with E-state index in [4.69, 9.17) is 16.7 Å². The number of thioether (sulfide) groups is 1. The second kappa shape index (κ2) is 8.95. The summed E-state index contributed by atoms with van der Waals surface area (Å²) in [5.74, 6) is -0.161. The first-order valence-electron chi connectivity index (χ1n) is 8.55. The summed E-state index contributed by atoms with van der Waals surface area (Å²) in [4.78, 5) is 29.1. The number of nitrogens with one attached hydrogen (secondary N) is 1. The number of likely N-dealkylation sites (tertiary alicyclic amines) is 1. The molecular weight excluding hydrogens is 406 g/mol. The maximum atomic E-state index is 12.2. The Morgan fingerprint density at radius 2 is 2.33 bits per heavy atom. The first-order valence-corrected chi connectivity index (χ1v) is 10.8. The summed E-state index contributed by atoms with van der Waals surface area (Å²) in [6.07, 6.45) is 1.40. The minimum Gasteiger partial charge on any atom is -0.476 e. The van der Waals surface area contributed by atoms with Crippen LogP contribution in [0.25, 0.3) is 0 Å². The van der Waals surface area contributed by atoms with E-state index in [9.17, 15) is 9.59 Å². The lowest BCUT2D eigenvalue weighted by Crippen LogP contribution is -2.39. The molecule has 144 valence electrons. The molecule has 2 heterocycles. The van der Waals surface area contributed by atoms with E-state index in [0.29, 0.717) is 34.6 Å². The van der Waals surface area contributed by atoms with Gasteiger partial charge in [-0.1, -0.05) is 23.4 Å². The van der Waals surface area contributed by atoms with Gasteiger partial charge in [-0.3, -0.25) is 4.79 Å². The number of aromatic carboxylic acids is 1. The smallest absolute Gasteiger partial charge is 0.355 e. The molecule has 1 aromatic carbocycles. The summed E-state index contributed by atoms with van der Waals surface area (Å²) in [6.45, 7) is 3.32. The van der Waals surface area contributed by atoms with Gasteiger partial charge in [-0.2, -0.15) is 0 Å². The van der Waals surface area contributed by atoms with Crippen LogP contribution in [0, 0.1) is 6.92 Å². The Bertz CT molecular complexity index is 843. The topological polar surface area (TPSA) is 82.5 Å². The van der Waals surface area contributed by atoms with Crippen molar-refractivity contribution < 1.29 is 14.7 Å². The normalized spacial score (nSPS) is 16.7. The molecule has 1 aromatic heterocycles. The predicted molar refractivity (Wildman–Crippen MR) is 109 cm³/mol. The molecule has 27 heavy (non-hydrogen) atoms. The SMILES string of the molecule is Cc1cc(Cl)ccc1NCC1CCC(=O)N1CCSc1nc(C(=O)O)cs1. The number of amides is 1. The maximum Gasteiger partial charge on any atom is 0.355 e. The lowest BCUT2D eigenvalue weighted by molar-refractivity contribution is -0.128. The maximum absolute atomic E-state index is 12.2. The first-order chi connectivity index (χ1) is 12.9. The van der Waals surface area contributed by atoms with Crippen molar-refractivity contribution in [2.45, 2.75) is 30.1 Å². The fourth-order valence-corrected chi connectivity index (χ4v) is 5.05. The van der Waals surface area contributed by atoms with Crippen molar-refractivity contribution >= 4 is 52.3 Å². The zero-order valence-electron chi connectivity index (χ0n) is 14.8. The van der Waals surface area contributed by atoms with Gasteiger partial charge in [0, 0.05) is 47.4 Å². The summed E-state index contributed by atoms with van der Waals surface area (Å²) in [7, 11) is 0. The molecule has 1 fully saturated rings. The van der Waals surface area contributed by atoms with Crippen LogP contribution in [0.2, 0.25) is 5.02 Å². The average molecular weight is 426 g/mol. The molecule has 1 aliphatic heterocycles. The minimum absolute atomic E-state index is 0.0696. The first kappa shape index (κ1) is 20.0. The molecule has 1 aliphatic rings. The summed E-state index contributed by atoms with van der Waals surface area (Å²) >= 11 is 8.79. The van der Waals surface area contributed by atoms with E-state index in [2.05, 4.69) is 10.3 Å². The minimum atomic E-state index is -1.02. The lowest BCUT2D eigenvalue weighted by Gasteiger charge is -2.25. The highest BCUT2D eigenvalue weighted by atomic mass is 35.5. The van der Waals surface area contributed by atoms with Crippen molar-refractivity contribution in [2.24, 2.45) is 0 Å². The van der Waals surface area contributed by atoms with Crippen LogP contribution in [0.4, 0.5) is 5.69 Å². The standard InChI is InChI=1S/C18H20ClN3O3S2/c1-11-8-12(19)2-4-14(11)20-9-13-3-5-16(23)22(13)6-7-26-18-21-15(10-27-18)17(24)25/h2,4,8,10,13,20H,3,5-7,9H2,1H3,(H,24,25). The third-order valence-corrected chi connectivity index (χ3v) is 6.67. The fraction of sp³-hybridized carbons (Fsp3) is 0.389. The third kappa shape index (κ3) is 5.15. The number of aromatic nitrogens is 1. The number of carboxylic acid groups (broad SMARTS) is 1. The van der Waals surface area contributed by atoms with Crippen LogP contribution in [0.3, 0.4) is 0 Å². The number of carboxylic acids is 1.